The van der Waals surface area contributed by atoms with E-state index in [1.165, 1.54) is 25.1 Å². The number of aliphatic hydroxyl groups is 1. The highest BCUT2D eigenvalue weighted by atomic mass is 35.5. The van der Waals surface area contributed by atoms with E-state index in [4.69, 9.17) is 28.9 Å². The van der Waals surface area contributed by atoms with Gasteiger partial charge in [-0.05, 0) is 48.9 Å². The van der Waals surface area contributed by atoms with Gasteiger partial charge < -0.3 is 15.6 Å². The number of carbonyl (C=O) groups excluding carboxylic acids is 1. The molecule has 3 N–H and O–H groups in total. The molecular weight excluding hydrogens is 513 g/mol. The van der Waals surface area contributed by atoms with E-state index >= 15 is 0 Å². The summed E-state index contributed by atoms with van der Waals surface area (Å²) >= 11 is 11.9. The molecule has 1 atom stereocenters. The van der Waals surface area contributed by atoms with Gasteiger partial charge in [0.15, 0.2) is 12.3 Å². The Labute approximate surface area is 199 Å². The average molecular weight is 531 g/mol. The molecule has 1 aromatic heterocycles. The van der Waals surface area contributed by atoms with Gasteiger partial charge in [-0.25, -0.2) is 4.98 Å². The minimum atomic E-state index is -5.27. The molecule has 0 radical (unpaired) electrons. The van der Waals surface area contributed by atoms with Crippen LogP contribution in [-0.2, 0) is 12.6 Å². The second-order valence-corrected chi connectivity index (χ2v) is 9.01. The summed E-state index contributed by atoms with van der Waals surface area (Å²) in [6, 6.07) is 3.70. The predicted molar refractivity (Wildman–Crippen MR) is 112 cm³/mol. The van der Waals surface area contributed by atoms with Crippen LogP contribution in [0.2, 0.25) is 10.0 Å². The first-order valence-electron chi connectivity index (χ1n) is 9.82. The first kappa shape index (κ1) is 26.4. The number of nitrogens with zero attached hydrogens (tertiary/aromatic N) is 1. The second kappa shape index (κ2) is 9.09. The molecule has 1 aliphatic rings. The molecule has 0 unspecified atom stereocenters. The number of primary amides is 1. The Morgan fingerprint density at radius 1 is 1.18 bits per heavy atom. The Kier molecular flexibility index (Phi) is 7.05. The fourth-order valence-corrected chi connectivity index (χ4v) is 3.97. The van der Waals surface area contributed by atoms with Crippen molar-refractivity contribution in [3.05, 3.63) is 45.1 Å². The van der Waals surface area contributed by atoms with E-state index in [0.29, 0.717) is 12.8 Å². The van der Waals surface area contributed by atoms with E-state index < -0.39 is 59.6 Å². The summed E-state index contributed by atoms with van der Waals surface area (Å²) in [5, 5.41) is 10.9. The number of hydrogen-bond donors (Lipinski definition) is 2. The van der Waals surface area contributed by atoms with Crippen LogP contribution in [0.15, 0.2) is 18.2 Å². The van der Waals surface area contributed by atoms with Crippen molar-refractivity contribution >= 4 is 29.1 Å². The third-order valence-electron chi connectivity index (χ3n) is 5.35. The van der Waals surface area contributed by atoms with Gasteiger partial charge >= 0.3 is 12.4 Å². The third-order valence-corrected chi connectivity index (χ3v) is 6.09. The normalized spacial score (nSPS) is 16.3. The minimum Gasteiger partial charge on any atom is -0.468 e. The highest BCUT2D eigenvalue weighted by molar-refractivity contribution is 6.42. The number of halogens is 8. The zero-order valence-corrected chi connectivity index (χ0v) is 19.0. The van der Waals surface area contributed by atoms with Crippen LogP contribution in [0.25, 0.3) is 11.1 Å². The van der Waals surface area contributed by atoms with Crippen molar-refractivity contribution in [1.29, 1.82) is 0 Å². The van der Waals surface area contributed by atoms with E-state index in [-0.39, 0.29) is 27.1 Å². The monoisotopic (exact) mass is 530 g/mol. The quantitative estimate of drug-likeness (QED) is 0.442. The molecule has 1 saturated carbocycles. The number of aromatic nitrogens is 1. The van der Waals surface area contributed by atoms with Crippen LogP contribution >= 0.6 is 23.2 Å². The van der Waals surface area contributed by atoms with Gasteiger partial charge in [0.1, 0.15) is 0 Å². The molecule has 0 saturated heterocycles. The lowest BCUT2D eigenvalue weighted by Gasteiger charge is -2.28. The van der Waals surface area contributed by atoms with E-state index in [1.54, 1.807) is 0 Å². The van der Waals surface area contributed by atoms with Crippen LogP contribution in [0.3, 0.4) is 0 Å². The molecular formula is C21H18Cl2F6N2O3. The molecule has 3 rings (SSSR count). The molecule has 1 fully saturated rings. The van der Waals surface area contributed by atoms with Crippen molar-refractivity contribution in [3.63, 3.8) is 0 Å². The van der Waals surface area contributed by atoms with E-state index in [0.717, 1.165) is 0 Å². The molecule has 5 nitrogen and oxygen atoms in total. The summed E-state index contributed by atoms with van der Waals surface area (Å²) < 4.78 is 84.9. The van der Waals surface area contributed by atoms with E-state index in [2.05, 4.69) is 9.72 Å². The molecule has 2 aromatic rings. The first-order chi connectivity index (χ1) is 15.5. The topological polar surface area (TPSA) is 85.4 Å². The fraction of sp³-hybridized carbons (Fsp3) is 0.429. The van der Waals surface area contributed by atoms with Crippen LogP contribution in [0.1, 0.15) is 41.4 Å². The number of rotatable bonds is 7. The molecule has 34 heavy (non-hydrogen) atoms. The van der Waals surface area contributed by atoms with Crippen LogP contribution in [0.4, 0.5) is 26.3 Å². The SMILES string of the molecule is C[C@](O)(Cc1c(C(N)=O)c(C(F)(F)F)nc(OCC(F)(F)F)c1-c1ccc(Cl)c(Cl)c1)C1CC1. The second-order valence-electron chi connectivity index (χ2n) is 8.20. The standard InChI is InChI=1S/C21H18Cl2F6N2O3/c1-19(33,10-3-4-10)7-11-14(9-2-5-12(22)13(23)6-9)18(34-8-20(24,25)26)31-16(21(27,28)29)15(11)17(30)32/h2,5-6,10,33H,3-4,7-8H2,1H3,(H2,30,32)/t19-/m0/s1. The Morgan fingerprint density at radius 3 is 2.26 bits per heavy atom. The number of alkyl halides is 6. The lowest BCUT2D eigenvalue weighted by molar-refractivity contribution is -0.154. The van der Waals surface area contributed by atoms with Crippen LogP contribution < -0.4 is 10.5 Å². The Balaban J connectivity index is 2.40. The van der Waals surface area contributed by atoms with Crippen molar-refractivity contribution < 1.29 is 41.0 Å². The first-order valence-corrected chi connectivity index (χ1v) is 10.6. The maximum atomic E-state index is 13.8. The fourth-order valence-electron chi connectivity index (χ4n) is 3.67. The molecule has 1 aliphatic carbocycles. The van der Waals surface area contributed by atoms with Gasteiger partial charge in [-0.15, -0.1) is 0 Å². The zero-order chi connectivity index (χ0) is 25.6. The lowest BCUT2D eigenvalue weighted by atomic mass is 9.84. The maximum Gasteiger partial charge on any atom is 0.434 e. The van der Waals surface area contributed by atoms with Crippen LogP contribution in [-0.4, -0.2) is 34.4 Å². The van der Waals surface area contributed by atoms with Crippen molar-refractivity contribution in [2.24, 2.45) is 11.7 Å². The zero-order valence-electron chi connectivity index (χ0n) is 17.4. The van der Waals surface area contributed by atoms with Crippen LogP contribution in [0, 0.1) is 5.92 Å². The predicted octanol–water partition coefficient (Wildman–Crippen LogP) is 5.82. The number of amides is 1. The smallest absolute Gasteiger partial charge is 0.434 e. The minimum absolute atomic E-state index is 0.0307. The Hall–Kier alpha value is -2.24. The van der Waals surface area contributed by atoms with Gasteiger partial charge in [0.05, 0.1) is 21.2 Å². The van der Waals surface area contributed by atoms with Crippen molar-refractivity contribution in [2.75, 3.05) is 6.61 Å². The summed E-state index contributed by atoms with van der Waals surface area (Å²) in [6.07, 6.45) is -9.56. The molecule has 186 valence electrons. The Morgan fingerprint density at radius 2 is 1.79 bits per heavy atom. The number of hydrogen-bond acceptors (Lipinski definition) is 4. The van der Waals surface area contributed by atoms with Gasteiger partial charge in [0, 0.05) is 12.0 Å². The number of benzene rings is 1. The highest BCUT2D eigenvalue weighted by Crippen LogP contribution is 2.47. The Bertz CT molecular complexity index is 1120. The highest BCUT2D eigenvalue weighted by Gasteiger charge is 2.45. The molecule has 1 aromatic carbocycles. The summed E-state index contributed by atoms with van der Waals surface area (Å²) in [6.45, 7) is -0.599. The van der Waals surface area contributed by atoms with E-state index in [1.807, 2.05) is 0 Å². The average Bonchev–Trinajstić information content (AvgIpc) is 3.52. The maximum absolute atomic E-state index is 13.8. The number of nitrogens with two attached hydrogens (primary N) is 1. The number of carbonyl (C=O) groups is 1. The lowest BCUT2D eigenvalue weighted by Crippen LogP contribution is -2.33. The van der Waals surface area contributed by atoms with Crippen molar-refractivity contribution in [1.82, 2.24) is 4.98 Å². The van der Waals surface area contributed by atoms with Gasteiger partial charge in [0.25, 0.3) is 5.91 Å². The molecule has 1 amide bonds. The summed E-state index contributed by atoms with van der Waals surface area (Å²) in [4.78, 5) is 15.5. The van der Waals surface area contributed by atoms with Gasteiger partial charge in [-0.3, -0.25) is 4.79 Å². The largest absolute Gasteiger partial charge is 0.468 e. The summed E-state index contributed by atoms with van der Waals surface area (Å²) in [7, 11) is 0. The third kappa shape index (κ3) is 5.87. The summed E-state index contributed by atoms with van der Waals surface area (Å²) in [5.41, 5.74) is -0.0710. The molecule has 0 aliphatic heterocycles. The molecule has 0 bridgehead atoms. The number of ether oxygens (including phenoxy) is 1. The van der Waals surface area contributed by atoms with Gasteiger partial charge in [-0.1, -0.05) is 29.3 Å². The van der Waals surface area contributed by atoms with E-state index in [9.17, 15) is 36.2 Å². The van der Waals surface area contributed by atoms with Gasteiger partial charge in [0.2, 0.25) is 5.88 Å². The molecule has 0 spiro atoms. The molecule has 1 heterocycles. The van der Waals surface area contributed by atoms with Crippen molar-refractivity contribution in [3.8, 4) is 17.0 Å². The molecule has 13 heteroatoms. The number of pyridine rings is 1. The van der Waals surface area contributed by atoms with Crippen molar-refractivity contribution in [2.45, 2.75) is 44.1 Å². The van der Waals surface area contributed by atoms with Crippen LogP contribution in [0.5, 0.6) is 5.88 Å². The van der Waals surface area contributed by atoms with Gasteiger partial charge in [-0.2, -0.15) is 26.3 Å². The summed E-state index contributed by atoms with van der Waals surface area (Å²) in [5.74, 6) is -2.86.